The van der Waals surface area contributed by atoms with Gasteiger partial charge in [-0.2, -0.15) is 0 Å². The Hall–Kier alpha value is -2.57. The average molecular weight is 287 g/mol. The summed E-state index contributed by atoms with van der Waals surface area (Å²) in [5, 5.41) is 12.3. The van der Waals surface area contributed by atoms with E-state index in [1.165, 1.54) is 6.20 Å². The van der Waals surface area contributed by atoms with Gasteiger partial charge in [0.1, 0.15) is 11.6 Å². The first-order chi connectivity index (χ1) is 9.97. The molecule has 2 N–H and O–H groups in total. The van der Waals surface area contributed by atoms with Crippen molar-refractivity contribution >= 4 is 11.7 Å². The minimum Gasteiger partial charge on any atom is -0.476 e. The zero-order valence-electron chi connectivity index (χ0n) is 12.2. The zero-order chi connectivity index (χ0) is 15.4. The summed E-state index contributed by atoms with van der Waals surface area (Å²) in [4.78, 5) is 27.8. The molecule has 110 valence electrons. The first kappa shape index (κ1) is 14.8. The number of nitrogens with one attached hydrogen (secondary N) is 1. The molecule has 2 rings (SSSR count). The van der Waals surface area contributed by atoms with Gasteiger partial charge in [-0.3, -0.25) is 0 Å². The SMILES string of the molecule is Cc1nccc(CNc2cnc(C(C)C)nc2C(=O)O)n1. The Labute approximate surface area is 122 Å². The van der Waals surface area contributed by atoms with Crippen LogP contribution in [0.5, 0.6) is 0 Å². The first-order valence-electron chi connectivity index (χ1n) is 6.60. The van der Waals surface area contributed by atoms with E-state index >= 15 is 0 Å². The molecule has 2 aromatic rings. The quantitative estimate of drug-likeness (QED) is 0.867. The number of carbonyl (C=O) groups is 1. The molecule has 0 aliphatic heterocycles. The van der Waals surface area contributed by atoms with Crippen LogP contribution in [0, 0.1) is 6.92 Å². The lowest BCUT2D eigenvalue weighted by atomic mass is 10.2. The van der Waals surface area contributed by atoms with Crippen LogP contribution in [0.1, 0.15) is 47.6 Å². The fraction of sp³-hybridized carbons (Fsp3) is 0.357. The molecule has 0 atom stereocenters. The molecule has 0 amide bonds. The van der Waals surface area contributed by atoms with Gasteiger partial charge in [0.25, 0.3) is 0 Å². The molecule has 0 saturated carbocycles. The second-order valence-electron chi connectivity index (χ2n) is 4.90. The van der Waals surface area contributed by atoms with Gasteiger partial charge in [-0.1, -0.05) is 13.8 Å². The van der Waals surface area contributed by atoms with E-state index in [0.717, 1.165) is 5.69 Å². The lowest BCUT2D eigenvalue weighted by Gasteiger charge is -2.11. The van der Waals surface area contributed by atoms with E-state index < -0.39 is 5.97 Å². The minimum atomic E-state index is -1.08. The second kappa shape index (κ2) is 6.25. The highest BCUT2D eigenvalue weighted by atomic mass is 16.4. The van der Waals surface area contributed by atoms with Crippen molar-refractivity contribution in [3.63, 3.8) is 0 Å². The number of rotatable bonds is 5. The molecule has 0 saturated heterocycles. The van der Waals surface area contributed by atoms with E-state index in [1.807, 2.05) is 13.8 Å². The first-order valence-corrected chi connectivity index (χ1v) is 6.60. The van der Waals surface area contributed by atoms with Gasteiger partial charge < -0.3 is 10.4 Å². The van der Waals surface area contributed by atoms with Gasteiger partial charge >= 0.3 is 5.97 Å². The third-order valence-electron chi connectivity index (χ3n) is 2.82. The summed E-state index contributed by atoms with van der Waals surface area (Å²) in [6.45, 7) is 6.01. The van der Waals surface area contributed by atoms with Crippen molar-refractivity contribution in [1.29, 1.82) is 0 Å². The molecule has 7 nitrogen and oxygen atoms in total. The third kappa shape index (κ3) is 3.71. The largest absolute Gasteiger partial charge is 0.476 e. The number of hydrogen-bond acceptors (Lipinski definition) is 6. The van der Waals surface area contributed by atoms with Gasteiger partial charge in [-0.05, 0) is 13.0 Å². The molecular formula is C14H17N5O2. The standard InChI is InChI=1S/C14H17N5O2/c1-8(2)13-17-7-11(12(19-13)14(20)21)16-6-10-4-5-15-9(3)18-10/h4-5,7-8,16H,6H2,1-3H3,(H,20,21). The predicted octanol–water partition coefficient (Wildman–Crippen LogP) is 2.01. The fourth-order valence-corrected chi connectivity index (χ4v) is 1.76. The van der Waals surface area contributed by atoms with Crippen LogP contribution in [0.3, 0.4) is 0 Å². The van der Waals surface area contributed by atoms with E-state index in [0.29, 0.717) is 23.9 Å². The summed E-state index contributed by atoms with van der Waals surface area (Å²) in [6.07, 6.45) is 3.16. The second-order valence-corrected chi connectivity index (χ2v) is 4.90. The number of aromatic nitrogens is 4. The molecule has 0 unspecified atom stereocenters. The van der Waals surface area contributed by atoms with Crippen LogP contribution >= 0.6 is 0 Å². The lowest BCUT2D eigenvalue weighted by molar-refractivity contribution is 0.0691. The molecule has 0 radical (unpaired) electrons. The van der Waals surface area contributed by atoms with E-state index in [-0.39, 0.29) is 11.6 Å². The van der Waals surface area contributed by atoms with Gasteiger partial charge in [0.05, 0.1) is 24.1 Å². The molecule has 21 heavy (non-hydrogen) atoms. The average Bonchev–Trinajstić information content (AvgIpc) is 2.44. The maximum absolute atomic E-state index is 11.3. The van der Waals surface area contributed by atoms with Crippen molar-refractivity contribution in [1.82, 2.24) is 19.9 Å². The maximum atomic E-state index is 11.3. The van der Waals surface area contributed by atoms with Crippen molar-refractivity contribution < 1.29 is 9.90 Å². The van der Waals surface area contributed by atoms with Crippen LogP contribution in [-0.2, 0) is 6.54 Å². The van der Waals surface area contributed by atoms with E-state index in [4.69, 9.17) is 0 Å². The van der Waals surface area contributed by atoms with Gasteiger partial charge in [-0.25, -0.2) is 24.7 Å². The van der Waals surface area contributed by atoms with Crippen LogP contribution in [0.2, 0.25) is 0 Å². The minimum absolute atomic E-state index is 0.0283. The molecular weight excluding hydrogens is 270 g/mol. The van der Waals surface area contributed by atoms with Gasteiger partial charge in [0, 0.05) is 12.1 Å². The van der Waals surface area contributed by atoms with Crippen molar-refractivity contribution in [2.45, 2.75) is 33.2 Å². The highest BCUT2D eigenvalue weighted by molar-refractivity contribution is 5.91. The highest BCUT2D eigenvalue weighted by Gasteiger charge is 2.15. The Bertz CT molecular complexity index is 658. The number of anilines is 1. The van der Waals surface area contributed by atoms with Crippen LogP contribution in [0.25, 0.3) is 0 Å². The van der Waals surface area contributed by atoms with Crippen molar-refractivity contribution in [2.24, 2.45) is 0 Å². The summed E-state index contributed by atoms with van der Waals surface area (Å²) in [5.41, 5.74) is 1.12. The molecule has 0 aliphatic rings. The monoisotopic (exact) mass is 287 g/mol. The van der Waals surface area contributed by atoms with Gasteiger partial charge in [-0.15, -0.1) is 0 Å². The summed E-state index contributed by atoms with van der Waals surface area (Å²) in [6, 6.07) is 1.77. The van der Waals surface area contributed by atoms with E-state index in [2.05, 4.69) is 25.3 Å². The Morgan fingerprint density at radius 3 is 2.71 bits per heavy atom. The Morgan fingerprint density at radius 1 is 1.33 bits per heavy atom. The predicted molar refractivity (Wildman–Crippen MR) is 77.2 cm³/mol. The molecule has 0 aliphatic carbocycles. The fourth-order valence-electron chi connectivity index (χ4n) is 1.76. The topological polar surface area (TPSA) is 101 Å². The molecule has 0 spiro atoms. The number of hydrogen-bond donors (Lipinski definition) is 2. The van der Waals surface area contributed by atoms with Crippen molar-refractivity contribution in [2.75, 3.05) is 5.32 Å². The maximum Gasteiger partial charge on any atom is 0.356 e. The molecule has 0 aromatic carbocycles. The van der Waals surface area contributed by atoms with E-state index in [9.17, 15) is 9.90 Å². The van der Waals surface area contributed by atoms with E-state index in [1.54, 1.807) is 19.2 Å². The highest BCUT2D eigenvalue weighted by Crippen LogP contribution is 2.17. The molecule has 2 aromatic heterocycles. The van der Waals surface area contributed by atoms with Crippen molar-refractivity contribution in [3.05, 3.63) is 41.5 Å². The van der Waals surface area contributed by atoms with Crippen LogP contribution < -0.4 is 5.32 Å². The Morgan fingerprint density at radius 2 is 2.10 bits per heavy atom. The van der Waals surface area contributed by atoms with Crippen LogP contribution in [-0.4, -0.2) is 31.0 Å². The Kier molecular flexibility index (Phi) is 4.42. The smallest absolute Gasteiger partial charge is 0.356 e. The van der Waals surface area contributed by atoms with Crippen LogP contribution in [0.4, 0.5) is 5.69 Å². The number of nitrogens with zero attached hydrogens (tertiary/aromatic N) is 4. The van der Waals surface area contributed by atoms with Gasteiger partial charge in [0.2, 0.25) is 0 Å². The number of carboxylic acid groups (broad SMARTS) is 1. The van der Waals surface area contributed by atoms with Crippen molar-refractivity contribution in [3.8, 4) is 0 Å². The summed E-state index contributed by atoms with van der Waals surface area (Å²) < 4.78 is 0. The molecule has 7 heteroatoms. The summed E-state index contributed by atoms with van der Waals surface area (Å²) in [7, 11) is 0. The number of aromatic carboxylic acids is 1. The lowest BCUT2D eigenvalue weighted by Crippen LogP contribution is -2.12. The Balaban J connectivity index is 2.21. The molecule has 0 bridgehead atoms. The molecule has 2 heterocycles. The number of aryl methyl sites for hydroxylation is 1. The summed E-state index contributed by atoms with van der Waals surface area (Å²) in [5.74, 6) is 0.164. The number of carboxylic acids is 1. The van der Waals surface area contributed by atoms with Crippen LogP contribution in [0.15, 0.2) is 18.5 Å². The zero-order valence-corrected chi connectivity index (χ0v) is 12.2. The normalized spacial score (nSPS) is 10.7. The van der Waals surface area contributed by atoms with Gasteiger partial charge in [0.15, 0.2) is 5.69 Å². The molecule has 0 fully saturated rings. The third-order valence-corrected chi connectivity index (χ3v) is 2.82. The summed E-state index contributed by atoms with van der Waals surface area (Å²) >= 11 is 0.